The van der Waals surface area contributed by atoms with Crippen molar-refractivity contribution in [2.24, 2.45) is 5.16 Å². The molecule has 8 nitrogen and oxygen atoms in total. The number of amides is 1. The Morgan fingerprint density at radius 1 is 1.23 bits per heavy atom. The van der Waals surface area contributed by atoms with Crippen molar-refractivity contribution in [2.45, 2.75) is 25.8 Å². The van der Waals surface area contributed by atoms with E-state index in [9.17, 15) is 9.59 Å². The molecule has 1 saturated heterocycles. The smallest absolute Gasteiger partial charge is 0.347 e. The van der Waals surface area contributed by atoms with Gasteiger partial charge in [-0.15, -0.1) is 11.3 Å². The Morgan fingerprint density at radius 3 is 2.93 bits per heavy atom. The highest BCUT2D eigenvalue weighted by molar-refractivity contribution is 7.10. The predicted octanol–water partition coefficient (Wildman–Crippen LogP) is 3.12. The fourth-order valence-electron chi connectivity index (χ4n) is 3.46. The van der Waals surface area contributed by atoms with Gasteiger partial charge < -0.3 is 23.9 Å². The highest BCUT2D eigenvalue weighted by Crippen LogP contribution is 2.34. The molecule has 158 valence electrons. The molecule has 2 aliphatic heterocycles. The monoisotopic (exact) mass is 430 g/mol. The van der Waals surface area contributed by atoms with Crippen LogP contribution in [0.2, 0.25) is 0 Å². The fraction of sp³-hybridized carbons (Fsp3) is 0.381. The van der Waals surface area contributed by atoms with Crippen molar-refractivity contribution in [1.82, 2.24) is 4.90 Å². The molecular formula is C21H22N2O6S. The molecule has 2 aliphatic rings. The van der Waals surface area contributed by atoms with E-state index >= 15 is 0 Å². The average Bonchev–Trinajstić information content (AvgIpc) is 3.51. The molecule has 3 heterocycles. The molecule has 1 aromatic carbocycles. The van der Waals surface area contributed by atoms with Gasteiger partial charge >= 0.3 is 5.97 Å². The minimum Gasteiger partial charge on any atom is -0.454 e. The van der Waals surface area contributed by atoms with Gasteiger partial charge in [0.05, 0.1) is 11.8 Å². The van der Waals surface area contributed by atoms with Crippen LogP contribution < -0.4 is 9.47 Å². The summed E-state index contributed by atoms with van der Waals surface area (Å²) in [5.74, 6) is 0.486. The number of likely N-dealkylation sites (tertiary alicyclic amines) is 1. The largest absolute Gasteiger partial charge is 0.454 e. The quantitative estimate of drug-likeness (QED) is 0.381. The van der Waals surface area contributed by atoms with Crippen LogP contribution in [0.1, 0.15) is 36.2 Å². The third-order valence-electron chi connectivity index (χ3n) is 4.98. The SMILES string of the molecule is C/C(=N/OCC(=O)OCC(=O)N1CCCC1c1cccs1)c1ccc2c(c1)OCO2. The van der Waals surface area contributed by atoms with Crippen LogP contribution in [0.25, 0.3) is 0 Å². The fourth-order valence-corrected chi connectivity index (χ4v) is 4.34. The van der Waals surface area contributed by atoms with Gasteiger partial charge in [-0.3, -0.25) is 4.79 Å². The van der Waals surface area contributed by atoms with E-state index in [0.29, 0.717) is 23.8 Å². The van der Waals surface area contributed by atoms with E-state index in [1.165, 1.54) is 0 Å². The van der Waals surface area contributed by atoms with Gasteiger partial charge in [0.15, 0.2) is 18.1 Å². The van der Waals surface area contributed by atoms with E-state index < -0.39 is 5.97 Å². The highest BCUT2D eigenvalue weighted by Gasteiger charge is 2.31. The Bertz CT molecular complexity index is 943. The molecule has 30 heavy (non-hydrogen) atoms. The number of fused-ring (bicyclic) bond motifs is 1. The van der Waals surface area contributed by atoms with Crippen molar-refractivity contribution in [3.05, 3.63) is 46.2 Å². The van der Waals surface area contributed by atoms with Gasteiger partial charge in [0.25, 0.3) is 5.91 Å². The summed E-state index contributed by atoms with van der Waals surface area (Å²) in [6, 6.07) is 9.49. The van der Waals surface area contributed by atoms with E-state index in [1.807, 2.05) is 23.6 Å². The minimum absolute atomic E-state index is 0.0707. The predicted molar refractivity (Wildman–Crippen MR) is 110 cm³/mol. The maximum atomic E-state index is 12.5. The van der Waals surface area contributed by atoms with Crippen LogP contribution in [-0.2, 0) is 19.2 Å². The second-order valence-corrected chi connectivity index (χ2v) is 7.92. The summed E-state index contributed by atoms with van der Waals surface area (Å²) in [6.07, 6.45) is 1.87. The lowest BCUT2D eigenvalue weighted by molar-refractivity contribution is -0.156. The topological polar surface area (TPSA) is 86.7 Å². The van der Waals surface area contributed by atoms with Crippen LogP contribution in [-0.4, -0.2) is 49.0 Å². The van der Waals surface area contributed by atoms with Gasteiger partial charge in [-0.2, -0.15) is 0 Å². The van der Waals surface area contributed by atoms with Crippen molar-refractivity contribution in [1.29, 1.82) is 0 Å². The average molecular weight is 430 g/mol. The number of hydrogen-bond donors (Lipinski definition) is 0. The molecule has 0 radical (unpaired) electrons. The number of benzene rings is 1. The van der Waals surface area contributed by atoms with Crippen LogP contribution in [0, 0.1) is 0 Å². The molecule has 1 atom stereocenters. The lowest BCUT2D eigenvalue weighted by Crippen LogP contribution is -2.34. The van der Waals surface area contributed by atoms with Gasteiger partial charge in [-0.05, 0) is 49.4 Å². The standard InChI is InChI=1S/C21H22N2O6S/c1-14(15-6-7-17-18(10-15)28-13-27-17)22-29-12-21(25)26-11-20(24)23-8-2-4-16(23)19-5-3-9-30-19/h3,5-7,9-10,16H,2,4,8,11-13H2,1H3/b22-14-. The van der Waals surface area contributed by atoms with Gasteiger partial charge in [0, 0.05) is 17.0 Å². The third-order valence-corrected chi connectivity index (χ3v) is 5.95. The number of carbonyl (C=O) groups excluding carboxylic acids is 2. The van der Waals surface area contributed by atoms with Crippen molar-refractivity contribution >= 4 is 28.9 Å². The first-order chi connectivity index (χ1) is 14.6. The molecule has 0 aliphatic carbocycles. The van der Waals surface area contributed by atoms with Gasteiger partial charge in [0.1, 0.15) is 0 Å². The van der Waals surface area contributed by atoms with Gasteiger partial charge in [-0.25, -0.2) is 4.79 Å². The number of ether oxygens (including phenoxy) is 3. The zero-order chi connectivity index (χ0) is 20.9. The second-order valence-electron chi connectivity index (χ2n) is 6.94. The lowest BCUT2D eigenvalue weighted by atomic mass is 10.1. The van der Waals surface area contributed by atoms with Gasteiger partial charge in [-0.1, -0.05) is 11.2 Å². The Labute approximate surface area is 178 Å². The molecule has 4 rings (SSSR count). The number of oxime groups is 1. The zero-order valence-corrected chi connectivity index (χ0v) is 17.4. The minimum atomic E-state index is -0.641. The molecule has 0 N–H and O–H groups in total. The molecule has 0 bridgehead atoms. The number of rotatable bonds is 7. The normalized spacial score (nSPS) is 17.8. The van der Waals surface area contributed by atoms with Crippen molar-refractivity contribution in [3.63, 3.8) is 0 Å². The zero-order valence-electron chi connectivity index (χ0n) is 16.5. The van der Waals surface area contributed by atoms with E-state index in [2.05, 4.69) is 5.16 Å². The molecule has 1 amide bonds. The molecule has 1 unspecified atom stereocenters. The molecule has 9 heteroatoms. The van der Waals surface area contributed by atoms with Gasteiger partial charge in [0.2, 0.25) is 13.4 Å². The number of carbonyl (C=O) groups is 2. The first kappa shape index (κ1) is 20.2. The number of thiophene rings is 1. The second kappa shape index (κ2) is 9.17. The maximum absolute atomic E-state index is 12.5. The number of hydrogen-bond acceptors (Lipinski definition) is 8. The molecule has 1 fully saturated rings. The van der Waals surface area contributed by atoms with Crippen molar-refractivity contribution in [2.75, 3.05) is 26.6 Å². The number of nitrogens with zero attached hydrogens (tertiary/aromatic N) is 2. The summed E-state index contributed by atoms with van der Waals surface area (Å²) in [7, 11) is 0. The van der Waals surface area contributed by atoms with Crippen LogP contribution in [0.4, 0.5) is 0 Å². The Hall–Kier alpha value is -3.07. The Balaban J connectivity index is 1.23. The first-order valence-corrected chi connectivity index (χ1v) is 10.5. The molecule has 2 aromatic rings. The summed E-state index contributed by atoms with van der Waals surface area (Å²) < 4.78 is 15.7. The van der Waals surface area contributed by atoms with E-state index in [1.54, 1.807) is 35.3 Å². The summed E-state index contributed by atoms with van der Waals surface area (Å²) in [5.41, 5.74) is 1.37. The maximum Gasteiger partial charge on any atom is 0.347 e. The molecule has 0 spiro atoms. The van der Waals surface area contributed by atoms with Crippen molar-refractivity contribution in [3.8, 4) is 11.5 Å². The van der Waals surface area contributed by atoms with Crippen molar-refractivity contribution < 1.29 is 28.6 Å². The molecule has 0 saturated carbocycles. The molecular weight excluding hydrogens is 408 g/mol. The molecule has 1 aromatic heterocycles. The van der Waals surface area contributed by atoms with E-state index in [4.69, 9.17) is 19.0 Å². The van der Waals surface area contributed by atoms with E-state index in [0.717, 1.165) is 23.3 Å². The lowest BCUT2D eigenvalue weighted by Gasteiger charge is -2.23. The van der Waals surface area contributed by atoms with Crippen LogP contribution in [0.5, 0.6) is 11.5 Å². The van der Waals surface area contributed by atoms with E-state index in [-0.39, 0.29) is 32.0 Å². The third kappa shape index (κ3) is 4.56. The Kier molecular flexibility index (Phi) is 6.18. The number of esters is 1. The van der Waals surface area contributed by atoms with Crippen LogP contribution in [0.15, 0.2) is 40.9 Å². The summed E-state index contributed by atoms with van der Waals surface area (Å²) in [6.45, 7) is 1.96. The summed E-state index contributed by atoms with van der Waals surface area (Å²) in [4.78, 5) is 32.4. The van der Waals surface area contributed by atoms with Crippen LogP contribution >= 0.6 is 11.3 Å². The highest BCUT2D eigenvalue weighted by atomic mass is 32.1. The summed E-state index contributed by atoms with van der Waals surface area (Å²) >= 11 is 1.63. The van der Waals surface area contributed by atoms with Crippen LogP contribution in [0.3, 0.4) is 0 Å². The Morgan fingerprint density at radius 2 is 2.10 bits per heavy atom. The summed E-state index contributed by atoms with van der Waals surface area (Å²) in [5, 5.41) is 5.94. The first-order valence-electron chi connectivity index (χ1n) is 9.67.